The van der Waals surface area contributed by atoms with E-state index in [2.05, 4.69) is 20.8 Å². The first-order valence-corrected chi connectivity index (χ1v) is 12.8. The molecule has 2 aliphatic rings. The van der Waals surface area contributed by atoms with E-state index in [0.717, 1.165) is 23.5 Å². The Labute approximate surface area is 161 Å². The van der Waals surface area contributed by atoms with E-state index in [1.165, 1.54) is 96.3 Å². The first-order chi connectivity index (χ1) is 12.1. The molecule has 0 radical (unpaired) electrons. The molecule has 0 aromatic carbocycles. The van der Waals surface area contributed by atoms with Crippen LogP contribution in [-0.2, 0) is 11.2 Å². The van der Waals surface area contributed by atoms with Gasteiger partial charge in [0.25, 0.3) is 0 Å². The molecule has 0 N–H and O–H groups in total. The van der Waals surface area contributed by atoms with Crippen LogP contribution in [0.2, 0.25) is 0 Å². The molecule has 0 saturated heterocycles. The number of rotatable bonds is 10. The Morgan fingerprint density at radius 1 is 0.800 bits per heavy atom. The normalized spacial score (nSPS) is 34.8. The van der Waals surface area contributed by atoms with E-state index in [0.29, 0.717) is 0 Å². The lowest BCUT2D eigenvalue weighted by molar-refractivity contribution is 0.152. The maximum atomic E-state index is 12.9. The van der Waals surface area contributed by atoms with Gasteiger partial charge < -0.3 is 4.55 Å². The van der Waals surface area contributed by atoms with Crippen LogP contribution in [0.4, 0.5) is 0 Å². The number of unbranched alkanes of at least 4 members (excludes halogenated alkanes) is 4. The van der Waals surface area contributed by atoms with Crippen molar-refractivity contribution in [2.45, 2.75) is 122 Å². The molecule has 0 heterocycles. The molecule has 2 fully saturated rings. The summed E-state index contributed by atoms with van der Waals surface area (Å²) in [6, 6.07) is 0. The van der Waals surface area contributed by atoms with E-state index in [9.17, 15) is 4.55 Å². The minimum atomic E-state index is -0.606. The molecule has 0 aromatic heterocycles. The minimum Gasteiger partial charge on any atom is -0.616 e. The highest BCUT2D eigenvalue weighted by molar-refractivity contribution is 7.92. The van der Waals surface area contributed by atoms with E-state index in [1.54, 1.807) is 0 Å². The summed E-state index contributed by atoms with van der Waals surface area (Å²) < 4.78 is 13.0. The van der Waals surface area contributed by atoms with Crippen molar-refractivity contribution in [2.75, 3.05) is 5.75 Å². The molecule has 2 aliphatic carbocycles. The zero-order valence-corrected chi connectivity index (χ0v) is 18.2. The van der Waals surface area contributed by atoms with Crippen LogP contribution >= 0.6 is 0 Å². The van der Waals surface area contributed by atoms with E-state index < -0.39 is 11.2 Å². The zero-order valence-electron chi connectivity index (χ0n) is 17.4. The molecule has 2 heteroatoms. The molecule has 2 saturated carbocycles. The highest BCUT2D eigenvalue weighted by Crippen LogP contribution is 2.45. The van der Waals surface area contributed by atoms with E-state index in [-0.39, 0.29) is 4.75 Å². The van der Waals surface area contributed by atoms with Gasteiger partial charge in [0, 0.05) is 0 Å². The quantitative estimate of drug-likeness (QED) is 0.294. The van der Waals surface area contributed by atoms with E-state index >= 15 is 0 Å². The largest absolute Gasteiger partial charge is 0.616 e. The molecule has 1 atom stereocenters. The molecule has 1 unspecified atom stereocenters. The monoisotopic (exact) mass is 368 g/mol. The summed E-state index contributed by atoms with van der Waals surface area (Å²) in [6.07, 6.45) is 20.3. The van der Waals surface area contributed by atoms with Crippen molar-refractivity contribution >= 4 is 11.2 Å². The molecule has 2 rings (SSSR count). The molecule has 148 valence electrons. The lowest BCUT2D eigenvalue weighted by Crippen LogP contribution is -2.42. The Morgan fingerprint density at radius 2 is 1.40 bits per heavy atom. The van der Waals surface area contributed by atoms with Crippen LogP contribution in [0.15, 0.2) is 0 Å². The molecule has 25 heavy (non-hydrogen) atoms. The van der Waals surface area contributed by atoms with Gasteiger partial charge in [-0.3, -0.25) is 0 Å². The lowest BCUT2D eigenvalue weighted by Gasteiger charge is -2.42. The Kier molecular flexibility index (Phi) is 9.70. The van der Waals surface area contributed by atoms with Crippen LogP contribution in [0.1, 0.15) is 117 Å². The van der Waals surface area contributed by atoms with Crippen molar-refractivity contribution in [1.82, 2.24) is 0 Å². The van der Waals surface area contributed by atoms with Crippen molar-refractivity contribution in [3.63, 3.8) is 0 Å². The standard InChI is InChI=1S/C23H44OS/c1-4-6-7-8-9-19-25(24)23(3)17-15-22(16-18-23)21-13-11-20(10-5-2)12-14-21/h20-22H,4-19H2,1-3H3. The van der Waals surface area contributed by atoms with Crippen molar-refractivity contribution in [1.29, 1.82) is 0 Å². The van der Waals surface area contributed by atoms with E-state index in [4.69, 9.17) is 0 Å². The van der Waals surface area contributed by atoms with Gasteiger partial charge in [0.2, 0.25) is 0 Å². The number of hydrogen-bond donors (Lipinski definition) is 0. The van der Waals surface area contributed by atoms with Gasteiger partial charge in [0.1, 0.15) is 10.5 Å². The molecule has 0 spiro atoms. The van der Waals surface area contributed by atoms with Crippen LogP contribution in [-0.4, -0.2) is 15.1 Å². The predicted molar refractivity (Wildman–Crippen MR) is 112 cm³/mol. The summed E-state index contributed by atoms with van der Waals surface area (Å²) in [4.78, 5) is 0. The molecule has 1 nitrogen and oxygen atoms in total. The Morgan fingerprint density at radius 3 is 2.00 bits per heavy atom. The maximum absolute atomic E-state index is 12.9. The van der Waals surface area contributed by atoms with Crippen molar-refractivity contribution in [3.05, 3.63) is 0 Å². The third-order valence-electron chi connectivity index (χ3n) is 7.33. The summed E-state index contributed by atoms with van der Waals surface area (Å²) in [5.74, 6) is 3.90. The Balaban J connectivity index is 1.67. The molecule has 0 aliphatic heterocycles. The third-order valence-corrected chi connectivity index (χ3v) is 9.49. The van der Waals surface area contributed by atoms with Gasteiger partial charge in [-0.25, -0.2) is 0 Å². The van der Waals surface area contributed by atoms with Gasteiger partial charge in [-0.15, -0.1) is 0 Å². The molecular weight excluding hydrogens is 324 g/mol. The highest BCUT2D eigenvalue weighted by Gasteiger charge is 2.42. The smallest absolute Gasteiger partial charge is 0.122 e. The van der Waals surface area contributed by atoms with Crippen molar-refractivity contribution in [2.24, 2.45) is 17.8 Å². The maximum Gasteiger partial charge on any atom is 0.122 e. The Bertz CT molecular complexity index is 340. The Hall–Kier alpha value is 0.310. The van der Waals surface area contributed by atoms with Gasteiger partial charge in [0.15, 0.2) is 0 Å². The highest BCUT2D eigenvalue weighted by atomic mass is 32.2. The first-order valence-electron chi connectivity index (χ1n) is 11.5. The minimum absolute atomic E-state index is 0.126. The van der Waals surface area contributed by atoms with Gasteiger partial charge in [-0.2, -0.15) is 0 Å². The second kappa shape index (κ2) is 11.2. The van der Waals surface area contributed by atoms with Crippen molar-refractivity contribution < 1.29 is 4.55 Å². The summed E-state index contributed by atoms with van der Waals surface area (Å²) in [5.41, 5.74) is 0. The van der Waals surface area contributed by atoms with Gasteiger partial charge in [-0.05, 0) is 87.2 Å². The fourth-order valence-corrected chi connectivity index (χ4v) is 7.04. The number of hydrogen-bond acceptors (Lipinski definition) is 1. The predicted octanol–water partition coefficient (Wildman–Crippen LogP) is 7.26. The second-order valence-electron chi connectivity index (χ2n) is 9.32. The van der Waals surface area contributed by atoms with Crippen molar-refractivity contribution in [3.8, 4) is 0 Å². The van der Waals surface area contributed by atoms with Crippen LogP contribution in [0.25, 0.3) is 0 Å². The molecular formula is C23H44OS. The summed E-state index contributed by atoms with van der Waals surface area (Å²) >= 11 is -0.606. The lowest BCUT2D eigenvalue weighted by atomic mass is 9.69. The average molecular weight is 369 g/mol. The van der Waals surface area contributed by atoms with Crippen LogP contribution in [0.5, 0.6) is 0 Å². The molecule has 0 aromatic rings. The van der Waals surface area contributed by atoms with Gasteiger partial charge in [0.05, 0.1) is 0 Å². The van der Waals surface area contributed by atoms with Crippen LogP contribution in [0.3, 0.4) is 0 Å². The van der Waals surface area contributed by atoms with Gasteiger partial charge in [-0.1, -0.05) is 58.8 Å². The molecule has 0 amide bonds. The topological polar surface area (TPSA) is 23.1 Å². The van der Waals surface area contributed by atoms with E-state index in [1.807, 2.05) is 0 Å². The zero-order chi connectivity index (χ0) is 18.1. The summed E-state index contributed by atoms with van der Waals surface area (Å²) in [6.45, 7) is 6.91. The SMILES string of the molecule is CCCCCCC[S+]([O-])C1(C)CCC(C2CCC(CCC)CC2)CC1. The average Bonchev–Trinajstić information content (AvgIpc) is 2.63. The fraction of sp³-hybridized carbons (Fsp3) is 1.00. The van der Waals surface area contributed by atoms with Crippen LogP contribution < -0.4 is 0 Å². The first kappa shape index (κ1) is 21.6. The second-order valence-corrected chi connectivity index (χ2v) is 11.4. The fourth-order valence-electron chi connectivity index (χ4n) is 5.39. The summed E-state index contributed by atoms with van der Waals surface area (Å²) in [7, 11) is 0. The van der Waals surface area contributed by atoms with Crippen LogP contribution in [0, 0.1) is 17.8 Å². The summed E-state index contributed by atoms with van der Waals surface area (Å²) in [5, 5.41) is 0. The molecule has 0 bridgehead atoms. The third kappa shape index (κ3) is 6.76. The van der Waals surface area contributed by atoms with Gasteiger partial charge >= 0.3 is 0 Å².